The monoisotopic (exact) mass is 812 g/mol. The van der Waals surface area contributed by atoms with Gasteiger partial charge >= 0.3 is 0 Å². The molecular weight excluding hydrogens is 759 g/mol. The van der Waals surface area contributed by atoms with Crippen LogP contribution in [0.4, 0.5) is 11.4 Å². The Balaban J connectivity index is 1.29. The highest BCUT2D eigenvalue weighted by molar-refractivity contribution is 7.85. The molecule has 7 nitrogen and oxygen atoms in total. The third kappa shape index (κ3) is 8.74. The van der Waals surface area contributed by atoms with Crippen molar-refractivity contribution in [2.45, 2.75) is 83.7 Å². The molecule has 0 aromatic heterocycles. The number of ether oxygens (including phenoxy) is 1. The van der Waals surface area contributed by atoms with Crippen LogP contribution in [0, 0.1) is 0 Å². The third-order valence-corrected chi connectivity index (χ3v) is 12.9. The number of unbranched alkanes of at least 4 members (excludes halogenated alkanes) is 1. The first-order valence-corrected chi connectivity index (χ1v) is 22.5. The molecule has 0 saturated heterocycles. The van der Waals surface area contributed by atoms with Gasteiger partial charge < -0.3 is 14.2 Å². The Bertz CT molecular complexity index is 2500. The van der Waals surface area contributed by atoms with Crippen molar-refractivity contribution in [2.75, 3.05) is 30.3 Å². The second kappa shape index (κ2) is 17.5. The number of para-hydroxylation sites is 1. The number of allylic oxidation sites excluding steroid dienone is 7. The van der Waals surface area contributed by atoms with Crippen molar-refractivity contribution in [2.24, 2.45) is 0 Å². The van der Waals surface area contributed by atoms with E-state index in [0.29, 0.717) is 26.0 Å². The zero-order valence-electron chi connectivity index (χ0n) is 34.1. The van der Waals surface area contributed by atoms with Crippen LogP contribution < -0.4 is 9.89 Å². The highest BCUT2D eigenvalue weighted by Gasteiger charge is 2.45. The summed E-state index contributed by atoms with van der Waals surface area (Å²) in [5.41, 5.74) is 10.3. The van der Waals surface area contributed by atoms with Gasteiger partial charge in [0.25, 0.3) is 0 Å². The van der Waals surface area contributed by atoms with Crippen molar-refractivity contribution >= 4 is 55.4 Å². The Labute approximate surface area is 349 Å². The standard InChI is InChI=1S/C49H53N3O4S2/c1-48(2)41-22-10-11-23-42(41)51(31-12-13-33-58(53,54)55)44(48)28-25-38-19-14-20-39(47(38)56-34-36-16-6-5-7-17-36)26-29-45-49(3,4)46-40-21-9-8-18-37(40)24-27-43(46)52(45)32-15-30-50-35-57/h5-11,16-18,21-29H,12-15,19-20,30-34H2,1-4H3/p+1. The van der Waals surface area contributed by atoms with E-state index >= 15 is 0 Å². The minimum Gasteiger partial charge on any atom is -0.748 e. The molecule has 0 amide bonds. The number of anilines is 1. The number of benzene rings is 4. The molecule has 9 heteroatoms. The lowest BCUT2D eigenvalue weighted by molar-refractivity contribution is -0.476. The summed E-state index contributed by atoms with van der Waals surface area (Å²) in [5.74, 6) is 0.578. The fourth-order valence-corrected chi connectivity index (χ4v) is 9.74. The van der Waals surface area contributed by atoms with Crippen molar-refractivity contribution in [1.82, 2.24) is 0 Å². The lowest BCUT2D eigenvalue weighted by atomic mass is 9.78. The van der Waals surface area contributed by atoms with Crippen LogP contribution >= 0.6 is 12.2 Å². The third-order valence-electron chi connectivity index (χ3n) is 11.9. The van der Waals surface area contributed by atoms with E-state index in [1.54, 1.807) is 0 Å². The smallest absolute Gasteiger partial charge is 0.247 e. The van der Waals surface area contributed by atoms with E-state index in [0.717, 1.165) is 67.1 Å². The summed E-state index contributed by atoms with van der Waals surface area (Å²) >= 11 is 4.93. The number of nitrogens with one attached hydrogen (secondary N) is 1. The zero-order chi connectivity index (χ0) is 40.9. The van der Waals surface area contributed by atoms with Crippen molar-refractivity contribution in [1.29, 1.82) is 0 Å². The van der Waals surface area contributed by atoms with Gasteiger partial charge in [0.2, 0.25) is 10.8 Å². The maximum atomic E-state index is 11.4. The van der Waals surface area contributed by atoms with Gasteiger partial charge in [-0.15, -0.1) is 0 Å². The molecule has 0 saturated carbocycles. The second-order valence-corrected chi connectivity index (χ2v) is 18.3. The predicted molar refractivity (Wildman–Crippen MR) is 238 cm³/mol. The Morgan fingerprint density at radius 2 is 1.64 bits per heavy atom. The summed E-state index contributed by atoms with van der Waals surface area (Å²) in [6, 6.07) is 31.9. The zero-order valence-corrected chi connectivity index (χ0v) is 35.7. The maximum absolute atomic E-state index is 11.4. The molecular formula is C49H54N3O4S2+. The number of fused-ring (bicyclic) bond motifs is 4. The number of hydrogen-bond donors (Lipinski definition) is 1. The summed E-state index contributed by atoms with van der Waals surface area (Å²) < 4.78 is 43.5. The molecule has 0 bridgehead atoms. The minimum absolute atomic E-state index is 0.246. The summed E-state index contributed by atoms with van der Waals surface area (Å²) in [6.45, 7) is 11.8. The van der Waals surface area contributed by atoms with Crippen LogP contribution in [-0.2, 0) is 32.3 Å². The van der Waals surface area contributed by atoms with Gasteiger partial charge in [-0.25, -0.2) is 8.42 Å². The second-order valence-electron chi connectivity index (χ2n) is 16.5. The summed E-state index contributed by atoms with van der Waals surface area (Å²) in [7, 11) is -4.26. The topological polar surface area (TPSA) is 86.7 Å². The molecule has 0 unspecified atom stereocenters. The molecule has 4 aromatic rings. The normalized spacial score (nSPS) is 18.7. The van der Waals surface area contributed by atoms with E-state index in [-0.39, 0.29) is 16.6 Å². The molecule has 58 heavy (non-hydrogen) atoms. The van der Waals surface area contributed by atoms with E-state index in [2.05, 4.69) is 138 Å². The van der Waals surface area contributed by atoms with Gasteiger partial charge in [0.15, 0.2) is 18.8 Å². The molecule has 0 fully saturated rings. The molecule has 0 atom stereocenters. The van der Waals surface area contributed by atoms with Gasteiger partial charge in [0.1, 0.15) is 12.4 Å². The number of nitrogens with zero attached hydrogens (tertiary/aromatic N) is 2. The van der Waals surface area contributed by atoms with Crippen LogP contribution in [0.2, 0.25) is 0 Å². The molecule has 1 aliphatic carbocycles. The van der Waals surface area contributed by atoms with Gasteiger partial charge in [-0.1, -0.05) is 92.7 Å². The largest absolute Gasteiger partial charge is 0.748 e. The molecule has 3 aliphatic rings. The Morgan fingerprint density at radius 3 is 2.43 bits per heavy atom. The van der Waals surface area contributed by atoms with Crippen molar-refractivity contribution in [3.8, 4) is 0 Å². The van der Waals surface area contributed by atoms with Crippen molar-refractivity contribution in [3.63, 3.8) is 0 Å². The van der Waals surface area contributed by atoms with Crippen LogP contribution in [0.25, 0.3) is 10.8 Å². The van der Waals surface area contributed by atoms with E-state index in [9.17, 15) is 13.0 Å². The van der Waals surface area contributed by atoms with Crippen LogP contribution in [0.3, 0.4) is 0 Å². The fourth-order valence-electron chi connectivity index (χ4n) is 9.08. The van der Waals surface area contributed by atoms with Crippen LogP contribution in [0.15, 0.2) is 138 Å². The lowest BCUT2D eigenvalue weighted by Crippen LogP contribution is -2.67. The Hall–Kier alpha value is -4.92. The van der Waals surface area contributed by atoms with Gasteiger partial charge in [-0.05, 0) is 103 Å². The molecule has 2 heterocycles. The predicted octanol–water partition coefficient (Wildman–Crippen LogP) is 8.93. The number of thiocarbonyl (C=S) groups is 1. The lowest BCUT2D eigenvalue weighted by Gasteiger charge is -2.28. The Kier molecular flexibility index (Phi) is 12.5. The molecule has 1 N–H and O–H groups in total. The van der Waals surface area contributed by atoms with E-state index in [1.807, 2.05) is 24.3 Å². The minimum atomic E-state index is -4.26. The molecule has 300 valence electrons. The Morgan fingerprint density at radius 1 is 0.879 bits per heavy atom. The van der Waals surface area contributed by atoms with Gasteiger partial charge in [0, 0.05) is 59.0 Å². The first-order chi connectivity index (χ1) is 27.9. The number of rotatable bonds is 15. The van der Waals surface area contributed by atoms with Gasteiger partial charge in [-0.2, -0.15) is 9.57 Å². The fraction of sp³-hybridized carbons (Fsp3) is 0.347. The first kappa shape index (κ1) is 41.2. The average molecular weight is 813 g/mol. The van der Waals surface area contributed by atoms with E-state index in [4.69, 9.17) is 17.0 Å². The van der Waals surface area contributed by atoms with Crippen LogP contribution in [-0.4, -0.2) is 53.8 Å². The SMILES string of the molecule is CC1(C)C(=CC=C2CCCC(C=CC3=[N+](CCC[NH+]=C=S)c4ccc5ccccc5c4C3(C)C)=C2OCc2ccccc2)N(CCCCS(=O)(=O)[O-])c2ccccc21. The van der Waals surface area contributed by atoms with Crippen LogP contribution in [0.1, 0.15) is 82.9 Å². The summed E-state index contributed by atoms with van der Waals surface area (Å²) in [6.07, 6.45) is 13.7. The highest BCUT2D eigenvalue weighted by atomic mass is 32.2. The van der Waals surface area contributed by atoms with Crippen molar-refractivity contribution < 1.29 is 27.3 Å². The molecule has 0 radical (unpaired) electrons. The summed E-state index contributed by atoms with van der Waals surface area (Å²) in [4.78, 5) is 5.39. The van der Waals surface area contributed by atoms with Gasteiger partial charge in [-0.3, -0.25) is 0 Å². The molecule has 7 rings (SSSR count). The van der Waals surface area contributed by atoms with Gasteiger partial charge in [0.05, 0.1) is 22.0 Å². The molecule has 4 aromatic carbocycles. The number of isothiocyanates is 1. The van der Waals surface area contributed by atoms with Crippen LogP contribution in [0.5, 0.6) is 0 Å². The number of hydrogen-bond acceptors (Lipinski definition) is 6. The first-order valence-electron chi connectivity index (χ1n) is 20.5. The quantitative estimate of drug-likeness (QED) is 0.0425. The average Bonchev–Trinajstić information content (AvgIpc) is 3.56. The van der Waals surface area contributed by atoms with E-state index < -0.39 is 10.1 Å². The molecule has 0 spiro atoms. The molecule has 2 aliphatic heterocycles. The maximum Gasteiger partial charge on any atom is 0.247 e. The van der Waals surface area contributed by atoms with E-state index in [1.165, 1.54) is 38.9 Å². The van der Waals surface area contributed by atoms with Crippen molar-refractivity contribution in [3.05, 3.63) is 155 Å². The summed E-state index contributed by atoms with van der Waals surface area (Å²) in [5, 5.41) is 5.18. The highest BCUT2D eigenvalue weighted by Crippen LogP contribution is 2.48.